The summed E-state index contributed by atoms with van der Waals surface area (Å²) in [5, 5.41) is 4.24. The second-order valence-corrected chi connectivity index (χ2v) is 5.82. The first-order valence-corrected chi connectivity index (χ1v) is 7.67. The summed E-state index contributed by atoms with van der Waals surface area (Å²) in [7, 11) is 1.67. The number of hydrogen-bond acceptors (Lipinski definition) is 2. The molecule has 0 aliphatic heterocycles. The molecule has 0 atom stereocenters. The van der Waals surface area contributed by atoms with E-state index in [1.807, 2.05) is 20.8 Å². The highest BCUT2D eigenvalue weighted by Gasteiger charge is 2.31. The molecule has 0 saturated heterocycles. The average molecular weight is 339 g/mol. The second kappa shape index (κ2) is 6.67. The Kier molecular flexibility index (Phi) is 5.01. The third kappa shape index (κ3) is 3.60. The van der Waals surface area contributed by atoms with E-state index >= 15 is 0 Å². The maximum absolute atomic E-state index is 12.9. The lowest BCUT2D eigenvalue weighted by molar-refractivity contribution is -0.137. The van der Waals surface area contributed by atoms with Gasteiger partial charge < -0.3 is 4.90 Å². The predicted octanol–water partition coefficient (Wildman–Crippen LogP) is 4.07. The van der Waals surface area contributed by atoms with Gasteiger partial charge in [-0.3, -0.25) is 9.48 Å². The zero-order chi connectivity index (χ0) is 18.1. The monoisotopic (exact) mass is 339 g/mol. The van der Waals surface area contributed by atoms with Crippen molar-refractivity contribution in [3.63, 3.8) is 0 Å². The molecule has 0 radical (unpaired) electrons. The van der Waals surface area contributed by atoms with Crippen molar-refractivity contribution in [3.05, 3.63) is 41.6 Å². The van der Waals surface area contributed by atoms with Crippen LogP contribution in [0.1, 0.15) is 36.8 Å². The van der Waals surface area contributed by atoms with Crippen molar-refractivity contribution in [2.24, 2.45) is 0 Å². The number of aromatic nitrogens is 2. The van der Waals surface area contributed by atoms with E-state index < -0.39 is 11.7 Å². The number of rotatable bonds is 4. The molecule has 7 heteroatoms. The fourth-order valence-corrected chi connectivity index (χ4v) is 2.26. The Balaban J connectivity index is 2.47. The molecule has 0 spiro atoms. The molecule has 1 aromatic carbocycles. The number of aryl methyl sites for hydroxylation is 1. The van der Waals surface area contributed by atoms with E-state index in [2.05, 4.69) is 5.10 Å². The van der Waals surface area contributed by atoms with Crippen LogP contribution < -0.4 is 0 Å². The second-order valence-electron chi connectivity index (χ2n) is 5.82. The summed E-state index contributed by atoms with van der Waals surface area (Å²) in [4.78, 5) is 13.9. The number of amides is 1. The van der Waals surface area contributed by atoms with Crippen LogP contribution in [-0.4, -0.2) is 33.7 Å². The van der Waals surface area contributed by atoms with Gasteiger partial charge in [0.05, 0.1) is 11.3 Å². The van der Waals surface area contributed by atoms with E-state index in [1.165, 1.54) is 15.6 Å². The minimum absolute atomic E-state index is 0.00119. The first-order valence-electron chi connectivity index (χ1n) is 7.67. The summed E-state index contributed by atoms with van der Waals surface area (Å²) >= 11 is 0. The Morgan fingerprint density at radius 2 is 1.96 bits per heavy atom. The third-order valence-electron chi connectivity index (χ3n) is 3.88. The van der Waals surface area contributed by atoms with E-state index in [1.54, 1.807) is 19.2 Å². The smallest absolute Gasteiger partial charge is 0.338 e. The van der Waals surface area contributed by atoms with Gasteiger partial charge >= 0.3 is 6.18 Å². The van der Waals surface area contributed by atoms with Gasteiger partial charge in [0.15, 0.2) is 5.69 Å². The molecular weight excluding hydrogens is 319 g/mol. The van der Waals surface area contributed by atoms with Gasteiger partial charge in [-0.1, -0.05) is 12.1 Å². The molecule has 24 heavy (non-hydrogen) atoms. The van der Waals surface area contributed by atoms with Crippen LogP contribution in [0.5, 0.6) is 0 Å². The highest BCUT2D eigenvalue weighted by atomic mass is 19.4. The summed E-state index contributed by atoms with van der Waals surface area (Å²) in [6.45, 7) is 6.03. The van der Waals surface area contributed by atoms with Crippen molar-refractivity contribution in [1.29, 1.82) is 0 Å². The highest BCUT2D eigenvalue weighted by molar-refractivity contribution is 5.93. The van der Waals surface area contributed by atoms with Gasteiger partial charge in [-0.2, -0.15) is 18.3 Å². The van der Waals surface area contributed by atoms with Gasteiger partial charge in [0, 0.05) is 25.2 Å². The third-order valence-corrected chi connectivity index (χ3v) is 3.88. The van der Waals surface area contributed by atoms with E-state index in [9.17, 15) is 18.0 Å². The van der Waals surface area contributed by atoms with Crippen molar-refractivity contribution >= 4 is 5.91 Å². The van der Waals surface area contributed by atoms with Gasteiger partial charge in [-0.15, -0.1) is 0 Å². The number of benzene rings is 1. The Bertz CT molecular complexity index is 735. The van der Waals surface area contributed by atoms with Crippen molar-refractivity contribution in [3.8, 4) is 11.3 Å². The SMILES string of the molecule is CCn1nc(C(=O)N(C)C(C)C)cc1-c1cccc(C(F)(F)F)c1. The van der Waals surface area contributed by atoms with E-state index in [4.69, 9.17) is 0 Å². The van der Waals surface area contributed by atoms with Gasteiger partial charge in [-0.05, 0) is 39.0 Å². The number of nitrogens with zero attached hydrogens (tertiary/aromatic N) is 3. The first-order chi connectivity index (χ1) is 11.1. The Morgan fingerprint density at radius 1 is 1.29 bits per heavy atom. The number of carbonyl (C=O) groups is 1. The van der Waals surface area contributed by atoms with Crippen LogP contribution in [-0.2, 0) is 12.7 Å². The van der Waals surface area contributed by atoms with Gasteiger partial charge in [0.25, 0.3) is 5.91 Å². The summed E-state index contributed by atoms with van der Waals surface area (Å²) in [5.74, 6) is -0.259. The van der Waals surface area contributed by atoms with Crippen LogP contribution in [0.3, 0.4) is 0 Å². The van der Waals surface area contributed by atoms with Gasteiger partial charge in [0.1, 0.15) is 0 Å². The molecule has 2 aromatic rings. The zero-order valence-electron chi connectivity index (χ0n) is 14.1. The van der Waals surface area contributed by atoms with Gasteiger partial charge in [-0.25, -0.2) is 0 Å². The quantitative estimate of drug-likeness (QED) is 0.842. The van der Waals surface area contributed by atoms with Crippen LogP contribution in [0, 0.1) is 0 Å². The molecule has 0 bridgehead atoms. The summed E-state index contributed by atoms with van der Waals surface area (Å²) < 4.78 is 40.3. The average Bonchev–Trinajstić information content (AvgIpc) is 2.97. The molecule has 0 unspecified atom stereocenters. The zero-order valence-corrected chi connectivity index (χ0v) is 14.1. The number of alkyl halides is 3. The van der Waals surface area contributed by atoms with E-state index in [0.29, 0.717) is 17.8 Å². The minimum atomic E-state index is -4.41. The lowest BCUT2D eigenvalue weighted by Crippen LogP contribution is -2.33. The summed E-state index contributed by atoms with van der Waals surface area (Å²) in [6, 6.07) is 6.57. The molecule has 0 aliphatic carbocycles. The Labute approximate surface area is 138 Å². The van der Waals surface area contributed by atoms with Crippen molar-refractivity contribution < 1.29 is 18.0 Å². The molecule has 130 valence electrons. The molecule has 1 heterocycles. The minimum Gasteiger partial charge on any atom is -0.338 e. The van der Waals surface area contributed by atoms with Crippen molar-refractivity contribution in [2.45, 2.75) is 39.5 Å². The molecular formula is C17H20F3N3O. The lowest BCUT2D eigenvalue weighted by atomic mass is 10.1. The molecule has 0 aliphatic rings. The number of carbonyl (C=O) groups excluding carboxylic acids is 1. The number of halogens is 3. The largest absolute Gasteiger partial charge is 0.416 e. The maximum atomic E-state index is 12.9. The van der Waals surface area contributed by atoms with Crippen LogP contribution in [0.15, 0.2) is 30.3 Å². The first kappa shape index (κ1) is 18.0. The van der Waals surface area contributed by atoms with Crippen molar-refractivity contribution in [1.82, 2.24) is 14.7 Å². The van der Waals surface area contributed by atoms with Crippen molar-refractivity contribution in [2.75, 3.05) is 7.05 Å². The number of hydrogen-bond donors (Lipinski definition) is 0. The van der Waals surface area contributed by atoms with Gasteiger partial charge in [0.2, 0.25) is 0 Å². The highest BCUT2D eigenvalue weighted by Crippen LogP contribution is 2.32. The van der Waals surface area contributed by atoms with Crippen LogP contribution in [0.2, 0.25) is 0 Å². The maximum Gasteiger partial charge on any atom is 0.416 e. The topological polar surface area (TPSA) is 38.1 Å². The normalized spacial score (nSPS) is 11.8. The van der Waals surface area contributed by atoms with Crippen LogP contribution >= 0.6 is 0 Å². The fourth-order valence-electron chi connectivity index (χ4n) is 2.26. The molecule has 2 rings (SSSR count). The Hall–Kier alpha value is -2.31. The summed E-state index contributed by atoms with van der Waals surface area (Å²) in [5.41, 5.74) is 0.367. The van der Waals surface area contributed by atoms with E-state index in [0.717, 1.165) is 12.1 Å². The molecule has 1 amide bonds. The van der Waals surface area contributed by atoms with Crippen LogP contribution in [0.4, 0.5) is 13.2 Å². The fraction of sp³-hybridized carbons (Fsp3) is 0.412. The van der Waals surface area contributed by atoms with E-state index in [-0.39, 0.29) is 17.6 Å². The van der Waals surface area contributed by atoms with Crippen LogP contribution in [0.25, 0.3) is 11.3 Å². The molecule has 4 nitrogen and oxygen atoms in total. The molecule has 1 aromatic heterocycles. The molecule has 0 saturated carbocycles. The molecule has 0 N–H and O–H groups in total. The summed E-state index contributed by atoms with van der Waals surface area (Å²) in [6.07, 6.45) is -4.41. The predicted molar refractivity (Wildman–Crippen MR) is 85.6 cm³/mol. The molecule has 0 fully saturated rings. The Morgan fingerprint density at radius 3 is 2.50 bits per heavy atom. The lowest BCUT2D eigenvalue weighted by Gasteiger charge is -2.19. The standard InChI is InChI=1S/C17H20F3N3O/c1-5-23-15(10-14(21-23)16(24)22(4)11(2)3)12-7-6-8-13(9-12)17(18,19)20/h6-11H,5H2,1-4H3.